The van der Waals surface area contributed by atoms with E-state index in [0.717, 1.165) is 73.0 Å². The Bertz CT molecular complexity index is 1260. The van der Waals surface area contributed by atoms with Crippen LogP contribution in [0.25, 0.3) is 0 Å². The molecule has 3 N–H and O–H groups in total. The van der Waals surface area contributed by atoms with Crippen molar-refractivity contribution in [3.05, 3.63) is 59.3 Å². The van der Waals surface area contributed by atoms with Gasteiger partial charge in [-0.25, -0.2) is 4.98 Å². The van der Waals surface area contributed by atoms with Crippen LogP contribution in [0.4, 0.5) is 28.8 Å². The van der Waals surface area contributed by atoms with Crippen LogP contribution < -0.4 is 25.6 Å². The minimum atomic E-state index is -0.231. The summed E-state index contributed by atoms with van der Waals surface area (Å²) in [5.41, 5.74) is 5.16. The Morgan fingerprint density at radius 2 is 1.78 bits per heavy atom. The van der Waals surface area contributed by atoms with Gasteiger partial charge in [0.15, 0.2) is 0 Å². The molecule has 1 aliphatic heterocycles. The molecular weight excluding hydrogens is 466 g/mol. The lowest BCUT2D eigenvalue weighted by molar-refractivity contribution is 0.102. The van der Waals surface area contributed by atoms with Crippen LogP contribution in [0.5, 0.6) is 5.75 Å². The number of nitrogens with one attached hydrogen (secondary N) is 3. The summed E-state index contributed by atoms with van der Waals surface area (Å²) < 4.78 is 5.71. The van der Waals surface area contributed by atoms with Gasteiger partial charge in [-0.15, -0.1) is 0 Å². The third-order valence-electron chi connectivity index (χ3n) is 6.95. The van der Waals surface area contributed by atoms with Crippen molar-refractivity contribution in [2.24, 2.45) is 0 Å². The molecule has 0 bridgehead atoms. The molecule has 2 aromatic carbocycles. The van der Waals surface area contributed by atoms with Gasteiger partial charge in [-0.2, -0.15) is 4.98 Å². The predicted octanol–water partition coefficient (Wildman–Crippen LogP) is 4.42. The summed E-state index contributed by atoms with van der Waals surface area (Å²) in [6.07, 6.45) is 3.71. The standard InChI is InChI=1S/C28H35N7O2/c1-18-6-5-7-19(2)25(18)32-27(36)22-17-29-28(33-26(22)30-20-8-9-20)31-21-10-11-23(24(16-21)37-4)35-14-12-34(3)13-15-35/h5-7,10-11,16-17,20H,8-9,12-15H2,1-4H3,(H,32,36)(H2,29,30,31,33). The van der Waals surface area contributed by atoms with E-state index in [4.69, 9.17) is 4.74 Å². The summed E-state index contributed by atoms with van der Waals surface area (Å²) in [6, 6.07) is 12.3. The van der Waals surface area contributed by atoms with E-state index < -0.39 is 0 Å². The van der Waals surface area contributed by atoms with Crippen molar-refractivity contribution in [3.63, 3.8) is 0 Å². The highest BCUT2D eigenvalue weighted by molar-refractivity contribution is 6.08. The summed E-state index contributed by atoms with van der Waals surface area (Å²) in [5, 5.41) is 9.73. The fraction of sp³-hybridized carbons (Fsp3) is 0.393. The highest BCUT2D eigenvalue weighted by Crippen LogP contribution is 2.33. The second-order valence-electron chi connectivity index (χ2n) is 9.90. The molecule has 9 nitrogen and oxygen atoms in total. The molecule has 194 valence electrons. The smallest absolute Gasteiger partial charge is 0.261 e. The lowest BCUT2D eigenvalue weighted by Crippen LogP contribution is -2.44. The number of benzene rings is 2. The maximum absolute atomic E-state index is 13.2. The van der Waals surface area contributed by atoms with Gasteiger partial charge in [0.2, 0.25) is 5.95 Å². The molecule has 3 aromatic rings. The number of amides is 1. The molecule has 0 atom stereocenters. The number of carbonyl (C=O) groups is 1. The zero-order valence-corrected chi connectivity index (χ0v) is 22.0. The van der Waals surface area contributed by atoms with Crippen LogP contribution >= 0.6 is 0 Å². The molecule has 0 radical (unpaired) electrons. The zero-order chi connectivity index (χ0) is 25.9. The van der Waals surface area contributed by atoms with E-state index in [0.29, 0.717) is 23.4 Å². The van der Waals surface area contributed by atoms with Gasteiger partial charge in [0.1, 0.15) is 17.1 Å². The number of hydrogen-bond acceptors (Lipinski definition) is 8. The van der Waals surface area contributed by atoms with Crippen LogP contribution in [0, 0.1) is 13.8 Å². The van der Waals surface area contributed by atoms with Crippen molar-refractivity contribution in [1.29, 1.82) is 0 Å². The first kappa shape index (κ1) is 24.8. The van der Waals surface area contributed by atoms with E-state index in [1.54, 1.807) is 13.3 Å². The van der Waals surface area contributed by atoms with Crippen molar-refractivity contribution in [2.45, 2.75) is 32.7 Å². The zero-order valence-electron chi connectivity index (χ0n) is 22.0. The number of aryl methyl sites for hydroxylation is 2. The second-order valence-corrected chi connectivity index (χ2v) is 9.90. The Balaban J connectivity index is 1.36. The molecular formula is C28H35N7O2. The van der Waals surface area contributed by atoms with Crippen molar-refractivity contribution in [1.82, 2.24) is 14.9 Å². The van der Waals surface area contributed by atoms with Gasteiger partial charge in [-0.1, -0.05) is 18.2 Å². The first-order valence-electron chi connectivity index (χ1n) is 12.8. The summed E-state index contributed by atoms with van der Waals surface area (Å²) in [7, 11) is 3.84. The number of anilines is 5. The molecule has 1 aromatic heterocycles. The number of rotatable bonds is 8. The van der Waals surface area contributed by atoms with E-state index in [-0.39, 0.29) is 5.91 Å². The molecule has 5 rings (SSSR count). The maximum Gasteiger partial charge on any atom is 0.261 e. The third kappa shape index (κ3) is 5.77. The topological polar surface area (TPSA) is 94.6 Å². The summed E-state index contributed by atoms with van der Waals surface area (Å²) in [6.45, 7) is 7.95. The largest absolute Gasteiger partial charge is 0.495 e. The molecule has 2 fully saturated rings. The molecule has 0 unspecified atom stereocenters. The number of para-hydroxylation sites is 1. The molecule has 2 heterocycles. The van der Waals surface area contributed by atoms with E-state index in [9.17, 15) is 4.79 Å². The first-order valence-corrected chi connectivity index (χ1v) is 12.8. The van der Waals surface area contributed by atoms with Crippen LogP contribution in [0.1, 0.15) is 34.3 Å². The van der Waals surface area contributed by atoms with Crippen molar-refractivity contribution < 1.29 is 9.53 Å². The summed E-state index contributed by atoms with van der Waals surface area (Å²) in [4.78, 5) is 27.1. The molecule has 9 heteroatoms. The Kier molecular flexibility index (Phi) is 7.14. The number of ether oxygens (including phenoxy) is 1. The molecule has 1 saturated heterocycles. The maximum atomic E-state index is 13.2. The number of aromatic nitrogens is 2. The Hall–Kier alpha value is -3.85. The normalized spacial score (nSPS) is 15.8. The third-order valence-corrected chi connectivity index (χ3v) is 6.95. The van der Waals surface area contributed by atoms with Gasteiger partial charge in [0.25, 0.3) is 5.91 Å². The molecule has 37 heavy (non-hydrogen) atoms. The average molecular weight is 502 g/mol. The average Bonchev–Trinajstić information content (AvgIpc) is 3.71. The Morgan fingerprint density at radius 3 is 2.46 bits per heavy atom. The fourth-order valence-electron chi connectivity index (χ4n) is 4.52. The van der Waals surface area contributed by atoms with Crippen LogP contribution in [0.15, 0.2) is 42.6 Å². The minimum Gasteiger partial charge on any atom is -0.495 e. The predicted molar refractivity (Wildman–Crippen MR) is 149 cm³/mol. The minimum absolute atomic E-state index is 0.231. The quantitative estimate of drug-likeness (QED) is 0.418. The van der Waals surface area contributed by atoms with Gasteiger partial charge in [-0.3, -0.25) is 4.79 Å². The highest BCUT2D eigenvalue weighted by atomic mass is 16.5. The number of likely N-dealkylation sites (N-methyl/N-ethyl adjacent to an activating group) is 1. The molecule has 1 aliphatic carbocycles. The van der Waals surface area contributed by atoms with Crippen molar-refractivity contribution in [2.75, 3.05) is 61.2 Å². The van der Waals surface area contributed by atoms with Gasteiger partial charge in [0.05, 0.1) is 12.8 Å². The monoisotopic (exact) mass is 501 g/mol. The molecule has 0 spiro atoms. The highest BCUT2D eigenvalue weighted by Gasteiger charge is 2.25. The van der Waals surface area contributed by atoms with Gasteiger partial charge in [0, 0.05) is 55.9 Å². The van der Waals surface area contributed by atoms with Crippen LogP contribution in [0.3, 0.4) is 0 Å². The SMILES string of the molecule is COc1cc(Nc2ncc(C(=O)Nc3c(C)cccc3C)c(NC3CC3)n2)ccc1N1CCN(C)CC1. The van der Waals surface area contributed by atoms with Crippen LogP contribution in [-0.2, 0) is 0 Å². The van der Waals surface area contributed by atoms with Gasteiger partial charge < -0.3 is 30.5 Å². The van der Waals surface area contributed by atoms with E-state index in [2.05, 4.69) is 48.8 Å². The number of methoxy groups -OCH3 is 1. The fourth-order valence-corrected chi connectivity index (χ4v) is 4.52. The van der Waals surface area contributed by atoms with Gasteiger partial charge in [-0.05, 0) is 57.0 Å². The van der Waals surface area contributed by atoms with Crippen molar-refractivity contribution in [3.8, 4) is 5.75 Å². The van der Waals surface area contributed by atoms with E-state index in [1.807, 2.05) is 44.2 Å². The summed E-state index contributed by atoms with van der Waals surface area (Å²) >= 11 is 0. The lowest BCUT2D eigenvalue weighted by Gasteiger charge is -2.34. The van der Waals surface area contributed by atoms with E-state index >= 15 is 0 Å². The van der Waals surface area contributed by atoms with Crippen molar-refractivity contribution >= 4 is 34.7 Å². The van der Waals surface area contributed by atoms with Crippen LogP contribution in [0.2, 0.25) is 0 Å². The lowest BCUT2D eigenvalue weighted by atomic mass is 10.1. The first-order chi connectivity index (χ1) is 17.9. The Labute approximate surface area is 218 Å². The Morgan fingerprint density at radius 1 is 1.05 bits per heavy atom. The molecule has 2 aliphatic rings. The summed E-state index contributed by atoms with van der Waals surface area (Å²) in [5.74, 6) is 1.52. The second kappa shape index (κ2) is 10.6. The van der Waals surface area contributed by atoms with E-state index in [1.165, 1.54) is 0 Å². The number of piperazine rings is 1. The molecule has 1 saturated carbocycles. The number of hydrogen-bond donors (Lipinski definition) is 3. The molecule has 1 amide bonds. The number of nitrogens with zero attached hydrogens (tertiary/aromatic N) is 4. The number of carbonyl (C=O) groups excluding carboxylic acids is 1. The van der Waals surface area contributed by atoms with Crippen LogP contribution in [-0.4, -0.2) is 67.2 Å². The van der Waals surface area contributed by atoms with Gasteiger partial charge >= 0.3 is 0 Å².